The summed E-state index contributed by atoms with van der Waals surface area (Å²) in [6.07, 6.45) is 37.0. The number of carbonyl (C=O) groups excluding carboxylic acids is 4. The number of aliphatic hydroxyl groups is 1. The molecule has 5 atom stereocenters. The van der Waals surface area contributed by atoms with Gasteiger partial charge in [-0.25, -0.2) is 9.13 Å². The zero-order chi connectivity index (χ0) is 58.5. The lowest BCUT2D eigenvalue weighted by Crippen LogP contribution is -2.30. The molecule has 2 unspecified atom stereocenters. The Morgan fingerprint density at radius 3 is 0.861 bits per heavy atom. The number of hydrogen-bond donors (Lipinski definition) is 3. The first-order chi connectivity index (χ1) is 38.0. The number of ether oxygens (including phenoxy) is 4. The average Bonchev–Trinajstić information content (AvgIpc) is 3.41. The van der Waals surface area contributed by atoms with E-state index in [0.29, 0.717) is 25.7 Å². The van der Waals surface area contributed by atoms with E-state index >= 15 is 0 Å². The first kappa shape index (κ1) is 77.1. The molecule has 0 spiro atoms. The molecule has 0 saturated heterocycles. The summed E-state index contributed by atoms with van der Waals surface area (Å²) in [6, 6.07) is 0. The van der Waals surface area contributed by atoms with Gasteiger partial charge < -0.3 is 33.8 Å². The van der Waals surface area contributed by atoms with Gasteiger partial charge in [0.05, 0.1) is 26.4 Å². The van der Waals surface area contributed by atoms with E-state index in [2.05, 4.69) is 34.6 Å². The molecule has 468 valence electrons. The molecular formula is C60H116O17P2. The fraction of sp³-hybridized carbons (Fsp3) is 0.933. The summed E-state index contributed by atoms with van der Waals surface area (Å²) in [7, 11) is -9.86. The number of phosphoric ester groups is 2. The molecule has 19 heteroatoms. The second kappa shape index (κ2) is 54.0. The van der Waals surface area contributed by atoms with Crippen LogP contribution in [0.2, 0.25) is 0 Å². The van der Waals surface area contributed by atoms with Crippen LogP contribution in [0.4, 0.5) is 0 Å². The molecule has 0 aromatic carbocycles. The molecule has 0 aliphatic carbocycles. The van der Waals surface area contributed by atoms with Crippen molar-refractivity contribution in [1.29, 1.82) is 0 Å². The van der Waals surface area contributed by atoms with Gasteiger partial charge in [0, 0.05) is 25.7 Å². The molecule has 17 nitrogen and oxygen atoms in total. The molecule has 0 aliphatic heterocycles. The van der Waals surface area contributed by atoms with Crippen molar-refractivity contribution in [3.05, 3.63) is 0 Å². The summed E-state index contributed by atoms with van der Waals surface area (Å²) in [5.41, 5.74) is 0. The summed E-state index contributed by atoms with van der Waals surface area (Å²) in [4.78, 5) is 71.5. The van der Waals surface area contributed by atoms with Gasteiger partial charge in [0.2, 0.25) is 0 Å². The van der Waals surface area contributed by atoms with Crippen LogP contribution in [0.5, 0.6) is 0 Å². The Kier molecular flexibility index (Phi) is 52.7. The zero-order valence-corrected chi connectivity index (χ0v) is 52.3. The Morgan fingerprint density at radius 1 is 0.342 bits per heavy atom. The summed E-state index contributed by atoms with van der Waals surface area (Å²) in [6.45, 7) is 6.98. The van der Waals surface area contributed by atoms with Crippen LogP contribution in [0.3, 0.4) is 0 Å². The van der Waals surface area contributed by atoms with E-state index in [1.165, 1.54) is 116 Å². The van der Waals surface area contributed by atoms with E-state index in [-0.39, 0.29) is 25.7 Å². The highest BCUT2D eigenvalue weighted by Gasteiger charge is 2.30. The van der Waals surface area contributed by atoms with Crippen molar-refractivity contribution in [3.8, 4) is 0 Å². The quantitative estimate of drug-likeness (QED) is 0.0222. The Balaban J connectivity index is 5.11. The van der Waals surface area contributed by atoms with Gasteiger partial charge in [-0.05, 0) is 31.6 Å². The summed E-state index contributed by atoms with van der Waals surface area (Å²) in [5, 5.41) is 10.5. The van der Waals surface area contributed by atoms with E-state index in [1.807, 2.05) is 0 Å². The molecule has 0 rings (SSSR count). The lowest BCUT2D eigenvalue weighted by molar-refractivity contribution is -0.161. The molecule has 0 radical (unpaired) electrons. The van der Waals surface area contributed by atoms with Crippen LogP contribution in [0.25, 0.3) is 0 Å². The van der Waals surface area contributed by atoms with Crippen molar-refractivity contribution in [2.24, 2.45) is 5.92 Å². The predicted molar refractivity (Wildman–Crippen MR) is 312 cm³/mol. The van der Waals surface area contributed by atoms with Gasteiger partial charge in [-0.2, -0.15) is 0 Å². The van der Waals surface area contributed by atoms with Gasteiger partial charge in [0.1, 0.15) is 19.3 Å². The molecule has 0 fully saturated rings. The van der Waals surface area contributed by atoms with Crippen LogP contribution in [-0.2, 0) is 65.4 Å². The van der Waals surface area contributed by atoms with Crippen LogP contribution in [0.15, 0.2) is 0 Å². The molecule has 0 saturated carbocycles. The van der Waals surface area contributed by atoms with Gasteiger partial charge in [0.15, 0.2) is 12.2 Å². The topological polar surface area (TPSA) is 237 Å². The molecular weight excluding hydrogens is 1050 g/mol. The fourth-order valence-electron chi connectivity index (χ4n) is 8.88. The molecule has 0 bridgehead atoms. The molecule has 0 heterocycles. The number of unbranched alkanes of at least 4 members (excludes halogenated alkanes) is 32. The highest BCUT2D eigenvalue weighted by molar-refractivity contribution is 7.47. The third kappa shape index (κ3) is 55.0. The van der Waals surface area contributed by atoms with Gasteiger partial charge in [0.25, 0.3) is 0 Å². The lowest BCUT2D eigenvalue weighted by Gasteiger charge is -2.21. The highest BCUT2D eigenvalue weighted by atomic mass is 31.2. The zero-order valence-electron chi connectivity index (χ0n) is 50.5. The second-order valence-corrected chi connectivity index (χ2v) is 25.1. The third-order valence-electron chi connectivity index (χ3n) is 13.8. The van der Waals surface area contributed by atoms with Crippen molar-refractivity contribution in [2.75, 3.05) is 39.6 Å². The van der Waals surface area contributed by atoms with Gasteiger partial charge in [-0.3, -0.25) is 37.3 Å². The van der Waals surface area contributed by atoms with Crippen LogP contribution in [0.1, 0.15) is 298 Å². The minimum Gasteiger partial charge on any atom is -0.462 e. The molecule has 79 heavy (non-hydrogen) atoms. The highest BCUT2D eigenvalue weighted by Crippen LogP contribution is 2.45. The fourth-order valence-corrected chi connectivity index (χ4v) is 10.5. The van der Waals surface area contributed by atoms with Crippen molar-refractivity contribution in [1.82, 2.24) is 0 Å². The SMILES string of the molecule is CCCCCCCCCCCCCCCCCCC(=O)O[C@H](COC(=O)CCCCCCCCCCCCC(C)C)COP(=O)(O)OC[C@@H](O)COP(=O)(O)OC[C@@H](COC(=O)CCCCCCC)OC(=O)CCCCCCC. The van der Waals surface area contributed by atoms with Gasteiger partial charge in [-0.15, -0.1) is 0 Å². The number of hydrogen-bond acceptors (Lipinski definition) is 15. The Hall–Kier alpha value is -1.94. The average molecular weight is 1170 g/mol. The minimum atomic E-state index is -4.94. The Labute approximate surface area is 479 Å². The van der Waals surface area contributed by atoms with E-state index in [0.717, 1.165) is 102 Å². The molecule has 0 aliphatic rings. The van der Waals surface area contributed by atoms with E-state index < -0.39 is 97.5 Å². The van der Waals surface area contributed by atoms with Crippen LogP contribution in [-0.4, -0.2) is 96.7 Å². The van der Waals surface area contributed by atoms with Crippen molar-refractivity contribution < 1.29 is 80.2 Å². The smallest absolute Gasteiger partial charge is 0.462 e. The lowest BCUT2D eigenvalue weighted by atomic mass is 10.0. The Morgan fingerprint density at radius 2 is 0.582 bits per heavy atom. The molecule has 0 aromatic rings. The van der Waals surface area contributed by atoms with Crippen LogP contribution >= 0.6 is 15.6 Å². The maximum atomic E-state index is 12.9. The number of esters is 4. The number of rotatable bonds is 60. The predicted octanol–water partition coefficient (Wildman–Crippen LogP) is 16.2. The standard InChI is InChI=1S/C60H116O17P2/c1-6-9-12-15-16-17-18-19-20-21-22-23-28-31-36-41-46-60(65)77-56(50-71-58(63)44-39-35-30-27-25-24-26-29-34-37-42-53(4)5)52-75-79(68,69)73-48-54(61)47-72-78(66,67)74-51-55(76-59(64)45-40-33-14-11-8-3)49-70-57(62)43-38-32-13-10-7-2/h53-56,61H,6-52H2,1-5H3,(H,66,67)(H,68,69)/t54-,55+,56+/m0/s1. The minimum absolute atomic E-state index is 0.0988. The van der Waals surface area contributed by atoms with Crippen LogP contribution < -0.4 is 0 Å². The molecule has 0 aromatic heterocycles. The number of aliphatic hydroxyl groups excluding tert-OH is 1. The number of phosphoric acid groups is 2. The van der Waals surface area contributed by atoms with Crippen molar-refractivity contribution >= 4 is 39.5 Å². The maximum absolute atomic E-state index is 12.9. The normalized spacial score (nSPS) is 14.3. The Bertz CT molecular complexity index is 1550. The van der Waals surface area contributed by atoms with Gasteiger partial charge in [-0.1, -0.05) is 247 Å². The third-order valence-corrected chi connectivity index (χ3v) is 15.7. The summed E-state index contributed by atoms with van der Waals surface area (Å²) < 4.78 is 67.4. The largest absolute Gasteiger partial charge is 0.472 e. The van der Waals surface area contributed by atoms with E-state index in [4.69, 9.17) is 37.0 Å². The molecule has 0 amide bonds. The maximum Gasteiger partial charge on any atom is 0.472 e. The second-order valence-electron chi connectivity index (χ2n) is 22.2. The summed E-state index contributed by atoms with van der Waals surface area (Å²) in [5.74, 6) is -1.40. The van der Waals surface area contributed by atoms with E-state index in [9.17, 15) is 43.2 Å². The van der Waals surface area contributed by atoms with E-state index in [1.54, 1.807) is 0 Å². The summed E-state index contributed by atoms with van der Waals surface area (Å²) >= 11 is 0. The van der Waals surface area contributed by atoms with Crippen LogP contribution in [0, 0.1) is 5.92 Å². The first-order valence-electron chi connectivity index (χ1n) is 31.6. The monoisotopic (exact) mass is 1170 g/mol. The first-order valence-corrected chi connectivity index (χ1v) is 34.6. The van der Waals surface area contributed by atoms with Crippen molar-refractivity contribution in [2.45, 2.75) is 316 Å². The van der Waals surface area contributed by atoms with Crippen molar-refractivity contribution in [3.63, 3.8) is 0 Å². The van der Waals surface area contributed by atoms with Gasteiger partial charge >= 0.3 is 39.5 Å². The number of carbonyl (C=O) groups is 4. The molecule has 3 N–H and O–H groups in total.